The van der Waals surface area contributed by atoms with Crippen LogP contribution in [0.15, 0.2) is 18.2 Å². The Morgan fingerprint density at radius 1 is 1.25 bits per heavy atom. The molecule has 0 saturated carbocycles. The van der Waals surface area contributed by atoms with Crippen LogP contribution in [0.5, 0.6) is 5.75 Å². The van der Waals surface area contributed by atoms with Gasteiger partial charge in [-0.3, -0.25) is 0 Å². The van der Waals surface area contributed by atoms with Gasteiger partial charge in [0.2, 0.25) is 0 Å². The molecule has 1 nitrogen and oxygen atoms in total. The van der Waals surface area contributed by atoms with Gasteiger partial charge >= 0.3 is 0 Å². The minimum atomic E-state index is 0.604. The third kappa shape index (κ3) is 3.71. The van der Waals surface area contributed by atoms with Crippen LogP contribution in [0.25, 0.3) is 0 Å². The average molecular weight is 241 g/mol. The van der Waals surface area contributed by atoms with Crippen LogP contribution < -0.4 is 4.74 Å². The molecular weight excluding hydrogens is 220 g/mol. The lowest BCUT2D eigenvalue weighted by Crippen LogP contribution is -1.98. The molecule has 0 spiro atoms. The molecule has 0 aliphatic carbocycles. The Morgan fingerprint density at radius 2 is 2.00 bits per heavy atom. The molecule has 0 heterocycles. The minimum absolute atomic E-state index is 0.604. The molecule has 0 radical (unpaired) electrons. The van der Waals surface area contributed by atoms with Crippen LogP contribution in [0.3, 0.4) is 0 Å². The first-order valence-electron chi connectivity index (χ1n) is 6.05. The summed E-state index contributed by atoms with van der Waals surface area (Å²) in [5.41, 5.74) is 1.31. The van der Waals surface area contributed by atoms with Crippen molar-refractivity contribution < 1.29 is 4.74 Å². The SMILES string of the molecule is CCCCC(CC)c1cc(Cl)cc(OC)c1. The van der Waals surface area contributed by atoms with Gasteiger partial charge in [-0.05, 0) is 42.5 Å². The Labute approximate surface area is 104 Å². The maximum absolute atomic E-state index is 6.08. The van der Waals surface area contributed by atoms with Crippen molar-refractivity contribution in [3.63, 3.8) is 0 Å². The molecule has 0 aromatic heterocycles. The number of unbranched alkanes of at least 4 members (excludes halogenated alkanes) is 1. The van der Waals surface area contributed by atoms with E-state index in [-0.39, 0.29) is 0 Å². The van der Waals surface area contributed by atoms with Gasteiger partial charge in [-0.1, -0.05) is 38.3 Å². The molecule has 0 aliphatic heterocycles. The summed E-state index contributed by atoms with van der Waals surface area (Å²) in [5.74, 6) is 1.46. The molecule has 2 heteroatoms. The lowest BCUT2D eigenvalue weighted by atomic mass is 9.91. The summed E-state index contributed by atoms with van der Waals surface area (Å²) >= 11 is 6.08. The lowest BCUT2D eigenvalue weighted by molar-refractivity contribution is 0.413. The summed E-state index contributed by atoms with van der Waals surface area (Å²) in [6.07, 6.45) is 4.90. The van der Waals surface area contributed by atoms with Crippen molar-refractivity contribution in [1.82, 2.24) is 0 Å². The summed E-state index contributed by atoms with van der Waals surface area (Å²) in [4.78, 5) is 0. The smallest absolute Gasteiger partial charge is 0.120 e. The highest BCUT2D eigenvalue weighted by atomic mass is 35.5. The lowest BCUT2D eigenvalue weighted by Gasteiger charge is -2.16. The van der Waals surface area contributed by atoms with Gasteiger partial charge < -0.3 is 4.74 Å². The van der Waals surface area contributed by atoms with Crippen molar-refractivity contribution in [3.05, 3.63) is 28.8 Å². The molecule has 1 aromatic rings. The zero-order valence-electron chi connectivity index (χ0n) is 10.4. The minimum Gasteiger partial charge on any atom is -0.497 e. The third-order valence-electron chi connectivity index (χ3n) is 3.00. The Hall–Kier alpha value is -0.690. The van der Waals surface area contributed by atoms with E-state index >= 15 is 0 Å². The molecule has 0 fully saturated rings. The van der Waals surface area contributed by atoms with Crippen molar-refractivity contribution in [1.29, 1.82) is 0 Å². The van der Waals surface area contributed by atoms with Gasteiger partial charge in [-0.15, -0.1) is 0 Å². The van der Waals surface area contributed by atoms with Crippen molar-refractivity contribution >= 4 is 11.6 Å². The summed E-state index contributed by atoms with van der Waals surface area (Å²) in [5, 5.41) is 0.768. The van der Waals surface area contributed by atoms with E-state index in [1.165, 1.54) is 24.8 Å². The van der Waals surface area contributed by atoms with Crippen molar-refractivity contribution in [3.8, 4) is 5.75 Å². The van der Waals surface area contributed by atoms with Crippen LogP contribution in [0, 0.1) is 0 Å². The molecule has 1 atom stereocenters. The molecule has 0 N–H and O–H groups in total. The Bertz CT molecular complexity index is 323. The number of halogens is 1. The van der Waals surface area contributed by atoms with E-state index < -0.39 is 0 Å². The van der Waals surface area contributed by atoms with Crippen molar-refractivity contribution in [2.24, 2.45) is 0 Å². The molecule has 1 unspecified atom stereocenters. The van der Waals surface area contributed by atoms with E-state index in [0.29, 0.717) is 5.92 Å². The van der Waals surface area contributed by atoms with Crippen LogP contribution in [0.4, 0.5) is 0 Å². The summed E-state index contributed by atoms with van der Waals surface area (Å²) < 4.78 is 5.25. The monoisotopic (exact) mass is 240 g/mol. The third-order valence-corrected chi connectivity index (χ3v) is 3.22. The average Bonchev–Trinajstić information content (AvgIpc) is 2.29. The molecule has 0 amide bonds. The highest BCUT2D eigenvalue weighted by Gasteiger charge is 2.10. The molecule has 0 bridgehead atoms. The number of benzene rings is 1. The summed E-state index contributed by atoms with van der Waals surface area (Å²) in [6, 6.07) is 6.03. The zero-order valence-corrected chi connectivity index (χ0v) is 11.2. The molecule has 1 rings (SSSR count). The second kappa shape index (κ2) is 6.80. The second-order valence-corrected chi connectivity index (χ2v) is 4.61. The molecular formula is C14H21ClO. The highest BCUT2D eigenvalue weighted by Crippen LogP contribution is 2.30. The molecule has 0 saturated heterocycles. The van der Waals surface area contributed by atoms with E-state index in [2.05, 4.69) is 26.0 Å². The fourth-order valence-electron chi connectivity index (χ4n) is 1.99. The quantitative estimate of drug-likeness (QED) is 0.678. The largest absolute Gasteiger partial charge is 0.497 e. The normalized spacial score (nSPS) is 12.5. The fraction of sp³-hybridized carbons (Fsp3) is 0.571. The van der Waals surface area contributed by atoms with Crippen LogP contribution in [-0.2, 0) is 0 Å². The summed E-state index contributed by atoms with van der Waals surface area (Å²) in [6.45, 7) is 4.46. The maximum Gasteiger partial charge on any atom is 0.120 e. The molecule has 90 valence electrons. The fourth-order valence-corrected chi connectivity index (χ4v) is 2.23. The first-order valence-corrected chi connectivity index (χ1v) is 6.43. The van der Waals surface area contributed by atoms with Gasteiger partial charge in [-0.25, -0.2) is 0 Å². The van der Waals surface area contributed by atoms with Crippen LogP contribution in [0.1, 0.15) is 51.0 Å². The Balaban J connectivity index is 2.86. The van der Waals surface area contributed by atoms with Crippen molar-refractivity contribution in [2.45, 2.75) is 45.4 Å². The number of methoxy groups -OCH3 is 1. The topological polar surface area (TPSA) is 9.23 Å². The number of ether oxygens (including phenoxy) is 1. The highest BCUT2D eigenvalue weighted by molar-refractivity contribution is 6.30. The van der Waals surface area contributed by atoms with Gasteiger partial charge in [-0.2, -0.15) is 0 Å². The number of rotatable bonds is 6. The Morgan fingerprint density at radius 3 is 2.56 bits per heavy atom. The predicted octanol–water partition coefficient (Wildman–Crippen LogP) is 5.03. The number of hydrogen-bond donors (Lipinski definition) is 0. The first kappa shape index (κ1) is 13.4. The van der Waals surface area contributed by atoms with Gasteiger partial charge in [0.15, 0.2) is 0 Å². The number of hydrogen-bond acceptors (Lipinski definition) is 1. The van der Waals surface area contributed by atoms with Gasteiger partial charge in [0.25, 0.3) is 0 Å². The van der Waals surface area contributed by atoms with Gasteiger partial charge in [0.05, 0.1) is 7.11 Å². The van der Waals surface area contributed by atoms with Gasteiger partial charge in [0, 0.05) is 5.02 Å². The zero-order chi connectivity index (χ0) is 12.0. The molecule has 16 heavy (non-hydrogen) atoms. The summed E-state index contributed by atoms with van der Waals surface area (Å²) in [7, 11) is 1.68. The predicted molar refractivity (Wildman–Crippen MR) is 70.6 cm³/mol. The Kier molecular flexibility index (Phi) is 5.68. The van der Waals surface area contributed by atoms with E-state index in [0.717, 1.165) is 17.2 Å². The van der Waals surface area contributed by atoms with Crippen LogP contribution in [-0.4, -0.2) is 7.11 Å². The van der Waals surface area contributed by atoms with Gasteiger partial charge in [0.1, 0.15) is 5.75 Å². The van der Waals surface area contributed by atoms with E-state index in [4.69, 9.17) is 16.3 Å². The van der Waals surface area contributed by atoms with E-state index in [1.54, 1.807) is 7.11 Å². The first-order chi connectivity index (χ1) is 7.71. The van der Waals surface area contributed by atoms with E-state index in [1.807, 2.05) is 6.07 Å². The van der Waals surface area contributed by atoms with Crippen molar-refractivity contribution in [2.75, 3.05) is 7.11 Å². The standard InChI is InChI=1S/C14H21ClO/c1-4-6-7-11(5-2)12-8-13(15)10-14(9-12)16-3/h8-11H,4-7H2,1-3H3. The van der Waals surface area contributed by atoms with Crippen LogP contribution >= 0.6 is 11.6 Å². The van der Waals surface area contributed by atoms with Crippen LogP contribution in [0.2, 0.25) is 5.02 Å². The molecule has 1 aromatic carbocycles. The maximum atomic E-state index is 6.08. The molecule has 0 aliphatic rings. The van der Waals surface area contributed by atoms with E-state index in [9.17, 15) is 0 Å². The second-order valence-electron chi connectivity index (χ2n) is 4.17.